The van der Waals surface area contributed by atoms with Gasteiger partial charge in [-0.3, -0.25) is 9.78 Å². The number of nitrogens with one attached hydrogen (secondary N) is 2. The number of aliphatic carboxylic acids is 1. The maximum absolute atomic E-state index is 11.8. The van der Waals surface area contributed by atoms with E-state index in [9.17, 15) is 14.4 Å². The van der Waals surface area contributed by atoms with Gasteiger partial charge in [0.05, 0.1) is 6.33 Å². The van der Waals surface area contributed by atoms with Crippen molar-refractivity contribution in [3.8, 4) is 0 Å². The molecule has 0 fully saturated rings. The third kappa shape index (κ3) is 1.31. The number of hydrogen-bond donors (Lipinski definition) is 3. The summed E-state index contributed by atoms with van der Waals surface area (Å²) in [5.41, 5.74) is -1.30. The molecule has 2 heterocycles. The Bertz CT molecular complexity index is 664. The number of rotatable bonds is 2. The number of aromatic amines is 2. The molecular weight excluding hydrogens is 216 g/mol. The highest BCUT2D eigenvalue weighted by atomic mass is 16.4. The number of carboxylic acid groups (broad SMARTS) is 1. The van der Waals surface area contributed by atoms with Gasteiger partial charge in [0.2, 0.25) is 0 Å². The lowest BCUT2D eigenvalue weighted by atomic mass is 10.3. The molecule has 1 unspecified atom stereocenters. The van der Waals surface area contributed by atoms with Crippen molar-refractivity contribution in [3.63, 3.8) is 0 Å². The van der Waals surface area contributed by atoms with E-state index in [-0.39, 0.29) is 11.2 Å². The van der Waals surface area contributed by atoms with Crippen LogP contribution in [0.5, 0.6) is 0 Å². The summed E-state index contributed by atoms with van der Waals surface area (Å²) in [6.45, 7) is 1.25. The van der Waals surface area contributed by atoms with Crippen molar-refractivity contribution >= 4 is 17.1 Å². The first-order valence-electron chi connectivity index (χ1n) is 4.43. The Labute approximate surface area is 87.6 Å². The first-order chi connectivity index (χ1) is 7.52. The molecule has 0 saturated carbocycles. The van der Waals surface area contributed by atoms with Gasteiger partial charge in [0, 0.05) is 0 Å². The molecule has 0 spiro atoms. The summed E-state index contributed by atoms with van der Waals surface area (Å²) in [5.74, 6) is -1.26. The number of H-pyrrole nitrogens is 2. The zero-order valence-corrected chi connectivity index (χ0v) is 8.22. The number of carboxylic acids is 1. The van der Waals surface area contributed by atoms with Crippen LogP contribution in [0.25, 0.3) is 11.2 Å². The van der Waals surface area contributed by atoms with Crippen LogP contribution < -0.4 is 11.2 Å². The Hall–Kier alpha value is -2.38. The van der Waals surface area contributed by atoms with E-state index in [4.69, 9.17) is 5.11 Å². The molecule has 8 heteroatoms. The van der Waals surface area contributed by atoms with Gasteiger partial charge in [-0.2, -0.15) is 0 Å². The molecule has 2 rings (SSSR count). The summed E-state index contributed by atoms with van der Waals surface area (Å²) in [6, 6.07) is -1.23. The number of carbonyl (C=O) groups is 1. The number of fused-ring (bicyclic) bond motifs is 1. The standard InChI is InChI=1S/C8H8N4O4/c1-3(7(14)15)12-6(13)4-5(10-2-9-4)11-8(12)16/h2-3H,1H3,(H,9,10)(H,11,16)(H,14,15). The van der Waals surface area contributed by atoms with Crippen molar-refractivity contribution in [1.82, 2.24) is 19.5 Å². The van der Waals surface area contributed by atoms with Gasteiger partial charge >= 0.3 is 11.7 Å². The zero-order chi connectivity index (χ0) is 11.9. The van der Waals surface area contributed by atoms with Crippen LogP contribution in [-0.4, -0.2) is 30.6 Å². The normalized spacial score (nSPS) is 12.8. The first-order valence-corrected chi connectivity index (χ1v) is 4.43. The second-order valence-electron chi connectivity index (χ2n) is 3.25. The van der Waals surface area contributed by atoms with Gasteiger partial charge < -0.3 is 10.1 Å². The zero-order valence-electron chi connectivity index (χ0n) is 8.22. The van der Waals surface area contributed by atoms with Crippen LogP contribution in [0.4, 0.5) is 0 Å². The number of aromatic nitrogens is 4. The monoisotopic (exact) mass is 224 g/mol. The van der Waals surface area contributed by atoms with E-state index in [1.165, 1.54) is 13.3 Å². The van der Waals surface area contributed by atoms with E-state index >= 15 is 0 Å². The molecule has 0 saturated heterocycles. The fraction of sp³-hybridized carbons (Fsp3) is 0.250. The lowest BCUT2D eigenvalue weighted by Crippen LogP contribution is -2.39. The summed E-state index contributed by atoms with van der Waals surface area (Å²) >= 11 is 0. The minimum absolute atomic E-state index is 0.0766. The lowest BCUT2D eigenvalue weighted by molar-refractivity contribution is -0.140. The van der Waals surface area contributed by atoms with Gasteiger partial charge in [-0.25, -0.2) is 19.1 Å². The second-order valence-corrected chi connectivity index (χ2v) is 3.25. The average molecular weight is 224 g/mol. The topological polar surface area (TPSA) is 121 Å². The Morgan fingerprint density at radius 1 is 1.56 bits per heavy atom. The van der Waals surface area contributed by atoms with Crippen molar-refractivity contribution in [2.24, 2.45) is 0 Å². The molecule has 2 aromatic heterocycles. The van der Waals surface area contributed by atoms with Crippen LogP contribution in [0.15, 0.2) is 15.9 Å². The van der Waals surface area contributed by atoms with Gasteiger partial charge in [0.1, 0.15) is 11.6 Å². The highest BCUT2D eigenvalue weighted by Gasteiger charge is 2.19. The third-order valence-electron chi connectivity index (χ3n) is 2.26. The molecular formula is C8H8N4O4. The van der Waals surface area contributed by atoms with E-state index in [2.05, 4.69) is 15.0 Å². The highest BCUT2D eigenvalue weighted by molar-refractivity contribution is 5.72. The van der Waals surface area contributed by atoms with Crippen LogP contribution in [0.1, 0.15) is 13.0 Å². The molecule has 1 atom stereocenters. The van der Waals surface area contributed by atoms with Crippen LogP contribution in [0.3, 0.4) is 0 Å². The number of nitrogens with zero attached hydrogens (tertiary/aromatic N) is 2. The molecule has 8 nitrogen and oxygen atoms in total. The van der Waals surface area contributed by atoms with Gasteiger partial charge in [0.25, 0.3) is 5.56 Å². The van der Waals surface area contributed by atoms with E-state index in [1.54, 1.807) is 0 Å². The van der Waals surface area contributed by atoms with Gasteiger partial charge in [0.15, 0.2) is 5.65 Å². The lowest BCUT2D eigenvalue weighted by Gasteiger charge is -2.08. The van der Waals surface area contributed by atoms with Gasteiger partial charge in [-0.1, -0.05) is 0 Å². The molecule has 16 heavy (non-hydrogen) atoms. The summed E-state index contributed by atoms with van der Waals surface area (Å²) in [4.78, 5) is 42.6. The van der Waals surface area contributed by atoms with Crippen molar-refractivity contribution in [1.29, 1.82) is 0 Å². The summed E-state index contributed by atoms with van der Waals surface area (Å²) < 4.78 is 0.628. The summed E-state index contributed by atoms with van der Waals surface area (Å²) in [5, 5.41) is 8.77. The van der Waals surface area contributed by atoms with E-state index in [1.807, 2.05) is 0 Å². The fourth-order valence-electron chi connectivity index (χ4n) is 1.39. The van der Waals surface area contributed by atoms with Crippen molar-refractivity contribution in [2.75, 3.05) is 0 Å². The largest absolute Gasteiger partial charge is 0.480 e. The van der Waals surface area contributed by atoms with E-state index in [0.717, 1.165) is 0 Å². The molecule has 0 aliphatic heterocycles. The molecule has 0 radical (unpaired) electrons. The van der Waals surface area contributed by atoms with Gasteiger partial charge in [-0.15, -0.1) is 0 Å². The molecule has 0 amide bonds. The number of imidazole rings is 1. The van der Waals surface area contributed by atoms with Crippen molar-refractivity contribution in [3.05, 3.63) is 27.2 Å². The van der Waals surface area contributed by atoms with Crippen molar-refractivity contribution < 1.29 is 9.90 Å². The van der Waals surface area contributed by atoms with E-state index < -0.39 is 23.3 Å². The van der Waals surface area contributed by atoms with Crippen LogP contribution >= 0.6 is 0 Å². The Balaban J connectivity index is 2.84. The molecule has 0 aliphatic rings. The third-order valence-corrected chi connectivity index (χ3v) is 2.26. The minimum atomic E-state index is -1.26. The molecule has 0 aliphatic carbocycles. The maximum atomic E-state index is 11.8. The highest BCUT2D eigenvalue weighted by Crippen LogP contribution is 2.01. The molecule has 3 N–H and O–H groups in total. The molecule has 0 aromatic carbocycles. The maximum Gasteiger partial charge on any atom is 0.330 e. The Kier molecular flexibility index (Phi) is 2.11. The summed E-state index contributed by atoms with van der Waals surface area (Å²) in [6.07, 6.45) is 1.25. The molecule has 0 bridgehead atoms. The predicted molar refractivity (Wildman–Crippen MR) is 53.3 cm³/mol. The second kappa shape index (κ2) is 3.33. The fourth-order valence-corrected chi connectivity index (χ4v) is 1.39. The van der Waals surface area contributed by atoms with Crippen LogP contribution in [0.2, 0.25) is 0 Å². The molecule has 2 aromatic rings. The Morgan fingerprint density at radius 3 is 2.88 bits per heavy atom. The predicted octanol–water partition coefficient (Wildman–Crippen LogP) is -0.942. The number of hydrogen-bond acceptors (Lipinski definition) is 4. The van der Waals surface area contributed by atoms with Gasteiger partial charge in [-0.05, 0) is 6.92 Å². The van der Waals surface area contributed by atoms with Crippen LogP contribution in [-0.2, 0) is 4.79 Å². The minimum Gasteiger partial charge on any atom is -0.480 e. The smallest absolute Gasteiger partial charge is 0.330 e. The summed E-state index contributed by atoms with van der Waals surface area (Å²) in [7, 11) is 0. The molecule has 84 valence electrons. The van der Waals surface area contributed by atoms with Crippen LogP contribution in [0, 0.1) is 0 Å². The average Bonchev–Trinajstić information content (AvgIpc) is 2.65. The Morgan fingerprint density at radius 2 is 2.25 bits per heavy atom. The van der Waals surface area contributed by atoms with Crippen molar-refractivity contribution in [2.45, 2.75) is 13.0 Å². The SMILES string of the molecule is CC(C(=O)O)n1c(=O)[nH]c2nc[nH]c2c1=O. The first kappa shape index (κ1) is 10.1. The van der Waals surface area contributed by atoms with E-state index in [0.29, 0.717) is 4.57 Å². The quantitative estimate of drug-likeness (QED) is 0.607.